The average molecular weight is 1740 g/mol. The molecule has 0 aliphatic carbocycles. The van der Waals surface area contributed by atoms with Crippen LogP contribution in [0.2, 0.25) is 0 Å². The molecule has 15 rings (SSSR count). The number of ether oxygens (including phenoxy) is 1. The number of rotatable bonds is 5. The van der Waals surface area contributed by atoms with Crippen LogP contribution >= 0.6 is 22.4 Å². The zero-order valence-electron chi connectivity index (χ0n) is 64.0. The fourth-order valence-corrected chi connectivity index (χ4v) is 16.7. The quantitative estimate of drug-likeness (QED) is 0.0312. The molecule has 12 aromatic rings. The number of anilines is 1. The minimum Gasteiger partial charge on any atom is -0.810 e. The molecular weight excluding hydrogens is 1640 g/mol. The van der Waals surface area contributed by atoms with Gasteiger partial charge in [-0.15, -0.1) is 0 Å². The van der Waals surface area contributed by atoms with Gasteiger partial charge >= 0.3 is 7.65 Å². The number of phenols is 3. The van der Waals surface area contributed by atoms with E-state index in [9.17, 15) is 23.6 Å². The van der Waals surface area contributed by atoms with E-state index < -0.39 is 34.0 Å². The minimum atomic E-state index is -3.57. The summed E-state index contributed by atoms with van der Waals surface area (Å²) in [6, 6.07) is 76.7. The molecule has 0 fully saturated rings. The van der Waals surface area contributed by atoms with Gasteiger partial charge in [0.15, 0.2) is 11.9 Å². The molecule has 1 aromatic heterocycles. The molecule has 5 atom stereocenters. The summed E-state index contributed by atoms with van der Waals surface area (Å²) in [6.07, 6.45) is 1.49. The van der Waals surface area contributed by atoms with Gasteiger partial charge in [-0.1, -0.05) is 243 Å². The Balaban J connectivity index is 0. The smallest absolute Gasteiger partial charge is 0.597 e. The summed E-state index contributed by atoms with van der Waals surface area (Å²) in [5.41, 5.74) is 25.1. The number of fused-ring (bicyclic) bond motifs is 10. The number of phenolic OH excluding ortho intramolecular Hbond substituents is 3. The molecule has 3 aliphatic heterocycles. The number of carbonyl (C=O) groups is 2. The van der Waals surface area contributed by atoms with E-state index in [1.54, 1.807) is 72.8 Å². The summed E-state index contributed by atoms with van der Waals surface area (Å²) in [7, 11) is -8.60. The van der Waals surface area contributed by atoms with Gasteiger partial charge in [0.1, 0.15) is 41.3 Å². The van der Waals surface area contributed by atoms with E-state index in [4.69, 9.17) is 49.9 Å². The molecule has 0 amide bonds. The number of hydrogen-bond acceptors (Lipinski definition) is 13. The largest absolute Gasteiger partial charge is 0.810 e. The summed E-state index contributed by atoms with van der Waals surface area (Å²) in [4.78, 5) is 18.1. The first-order valence-electron chi connectivity index (χ1n) is 33.3. The van der Waals surface area contributed by atoms with Gasteiger partial charge in [0.05, 0.1) is 16.2 Å². The van der Waals surface area contributed by atoms with Gasteiger partial charge in [0.25, 0.3) is 14.7 Å². The van der Waals surface area contributed by atoms with E-state index in [0.717, 1.165) is 66.7 Å². The topological polar surface area (TPSA) is 273 Å². The van der Waals surface area contributed by atoms with Crippen molar-refractivity contribution in [3.8, 4) is 56.8 Å². The van der Waals surface area contributed by atoms with Crippen molar-refractivity contribution in [2.75, 3.05) is 12.5 Å². The van der Waals surface area contributed by atoms with Crippen molar-refractivity contribution in [2.24, 2.45) is 0 Å². The summed E-state index contributed by atoms with van der Waals surface area (Å²) < 4.78 is 62.7. The third-order valence-corrected chi connectivity index (χ3v) is 21.4. The van der Waals surface area contributed by atoms with E-state index in [-0.39, 0.29) is 144 Å². The SMILES string of the molecule is C=O.CC.CC.CC.CC.Cc1cc(C)c(N)c(C)c1.O=Cc1ccccc1O.O=P1(C2[N-]COc3ccccc32)Oc2ccccc2-c2ccccc21.O=[p+]1oc2ccccc2c2ccccc21.[CH3-].[CH3-].[CH3-].[N-]=Cc1ccccc1O.[NH-]C(c1ccccc1O)P1(=O)Oc2ccccc2-c2ccccc21.[Y].[Y].[Y]. The van der Waals surface area contributed by atoms with Crippen LogP contribution in [-0.4, -0.2) is 41.3 Å². The van der Waals surface area contributed by atoms with Crippen molar-refractivity contribution < 1.29 is 155 Å². The van der Waals surface area contributed by atoms with Crippen LogP contribution in [0.3, 0.4) is 0 Å². The van der Waals surface area contributed by atoms with Crippen LogP contribution in [0.15, 0.2) is 259 Å². The number of nitrogens with zero attached hydrogens (tertiary/aromatic N) is 2. The molecule has 108 heavy (non-hydrogen) atoms. The van der Waals surface area contributed by atoms with Crippen molar-refractivity contribution in [1.29, 1.82) is 0 Å². The van der Waals surface area contributed by atoms with Crippen LogP contribution in [0.25, 0.3) is 60.2 Å². The molecule has 6 N–H and O–H groups in total. The fraction of sp³-hybridized carbons (Fsp3) is 0.163. The van der Waals surface area contributed by atoms with E-state index >= 15 is 0 Å². The van der Waals surface area contributed by atoms with E-state index in [1.165, 1.54) is 34.9 Å². The van der Waals surface area contributed by atoms with Gasteiger partial charge in [-0.3, -0.25) is 13.9 Å². The van der Waals surface area contributed by atoms with E-state index in [1.807, 2.05) is 228 Å². The molecule has 0 bridgehead atoms. The zero-order valence-corrected chi connectivity index (χ0v) is 75.2. The number of hydrogen-bond donors (Lipinski definition) is 4. The maximum absolute atomic E-state index is 14.2. The normalized spacial score (nSPS) is 14.1. The van der Waals surface area contributed by atoms with Crippen LogP contribution in [0.5, 0.6) is 34.5 Å². The molecule has 4 heterocycles. The summed E-state index contributed by atoms with van der Waals surface area (Å²) >= 11 is 0. The second-order valence-electron chi connectivity index (χ2n) is 21.3. The second-order valence-corrected chi connectivity index (χ2v) is 27.2. The molecule has 22 heteroatoms. The van der Waals surface area contributed by atoms with Crippen molar-refractivity contribution in [3.63, 3.8) is 0 Å². The Morgan fingerprint density at radius 3 is 1.44 bits per heavy atom. The van der Waals surface area contributed by atoms with Crippen molar-refractivity contribution in [1.82, 2.24) is 0 Å². The Labute approximate surface area is 716 Å². The fourth-order valence-electron chi connectivity index (χ4n) is 10.7. The third-order valence-electron chi connectivity index (χ3n) is 15.2. The second kappa shape index (κ2) is 52.7. The van der Waals surface area contributed by atoms with Crippen molar-refractivity contribution in [2.45, 2.75) is 87.7 Å². The van der Waals surface area contributed by atoms with Crippen LogP contribution in [0.4, 0.5) is 5.69 Å². The molecule has 11 aromatic carbocycles. The van der Waals surface area contributed by atoms with Gasteiger partial charge in [0.2, 0.25) is 5.12 Å². The number of para-hydroxylation sites is 7. The zero-order chi connectivity index (χ0) is 74.9. The summed E-state index contributed by atoms with van der Waals surface area (Å²) in [6.45, 7) is 24.3. The Hall–Kier alpha value is -7.38. The molecule has 3 aliphatic rings. The van der Waals surface area contributed by atoms with Gasteiger partial charge < -0.3 is 78.4 Å². The van der Waals surface area contributed by atoms with Crippen LogP contribution in [-0.2, 0) is 117 Å². The Morgan fingerprint density at radius 2 is 0.935 bits per heavy atom. The van der Waals surface area contributed by atoms with E-state index in [2.05, 4.69) is 24.4 Å². The first-order valence-corrected chi connectivity index (χ1v) is 37.9. The number of aryl methyl sites for hydroxylation is 3. The molecular formula is C86H98N4O12P3Y3-5. The number of aromatic hydroxyl groups is 3. The Bertz CT molecular complexity index is 4800. The van der Waals surface area contributed by atoms with Crippen molar-refractivity contribution >= 4 is 79.5 Å². The number of benzene rings is 11. The van der Waals surface area contributed by atoms with Gasteiger partial charge in [-0.25, -0.2) is 4.20 Å². The number of carbonyl (C=O) groups excluding carboxylic acids is 2. The maximum Gasteiger partial charge on any atom is 0.597 e. The number of nitrogens with one attached hydrogen (secondary N) is 1. The van der Waals surface area contributed by atoms with Gasteiger partial charge in [-0.05, 0) is 149 Å². The molecule has 3 radical (unpaired) electrons. The Morgan fingerprint density at radius 1 is 0.528 bits per heavy atom. The van der Waals surface area contributed by atoms with Crippen LogP contribution < -0.4 is 30.1 Å². The molecule has 563 valence electrons. The summed E-state index contributed by atoms with van der Waals surface area (Å²) in [5.74, 6) is 0.189. The molecule has 0 spiro atoms. The summed E-state index contributed by atoms with van der Waals surface area (Å²) in [5, 5.41) is 44.9. The molecule has 5 unspecified atom stereocenters. The minimum absolute atomic E-state index is 0. The molecule has 0 saturated carbocycles. The average Bonchev–Trinajstić information content (AvgIpc) is 0.738. The number of nitrogen functional groups attached to an aromatic ring is 1. The monoisotopic (exact) mass is 1740 g/mol. The van der Waals surface area contributed by atoms with Crippen LogP contribution in [0, 0.1) is 43.1 Å². The number of nitrogens with two attached hydrogens (primary N) is 1. The predicted molar refractivity (Wildman–Crippen MR) is 441 cm³/mol. The Kier molecular flexibility index (Phi) is 50.1. The first-order chi connectivity index (χ1) is 49.5. The van der Waals surface area contributed by atoms with Gasteiger partial charge in [-0.2, -0.15) is 6.21 Å². The molecule has 0 saturated heterocycles. The third kappa shape index (κ3) is 25.9. The predicted octanol–water partition coefficient (Wildman–Crippen LogP) is 24.5. The number of aldehydes is 1. The standard InChI is InChI=1S/C20H15NO3P.C19H15NO3P.C12H8O2P.C9H13N.C7H6NO.C7H6O2.4C2H6.CH2O.3CH3.3Y/c22-25(20-16-9-2-4-10-17(16)23-13-21-20)19-12-6-3-8-15(19)14-7-1-5-11-18(14)24-25;20-19(15-9-1-4-10-16(15)21)24(22)18-12-6-3-8-14(18)13-7-2-5-11-17(13)23-24;13-15-12-8-4-2-6-10(12)9-5-1-3-7-11(9)14-15;1-6-4-7(2)9(10)8(3)5-6;2*8-5-6-3-1-2-4-7(6)9;5*1-2;;;;;;/h1-12,20H,13H2;1-12,19-21H;1-8H;4-5H,10H2,1-3H3;2*1-5,9H;4*1-2H3;1H2;3*1H3;;;/q2*-1;+1;;-1;;;;;;;3*-1;;;. The molecule has 16 nitrogen and oxygen atoms in total. The van der Waals surface area contributed by atoms with Crippen molar-refractivity contribution in [3.05, 3.63) is 332 Å². The van der Waals surface area contributed by atoms with Gasteiger partial charge in [0, 0.05) is 132 Å². The van der Waals surface area contributed by atoms with Crippen LogP contribution in [0.1, 0.15) is 111 Å². The van der Waals surface area contributed by atoms with E-state index in [0.29, 0.717) is 45.4 Å². The maximum atomic E-state index is 14.2. The first kappa shape index (κ1) is 103.